The zero-order valence-corrected chi connectivity index (χ0v) is 12.5. The maximum absolute atomic E-state index is 5.36. The number of methoxy groups -OCH3 is 1. The molecule has 1 atom stereocenters. The number of rotatable bonds is 3. The van der Waals surface area contributed by atoms with Gasteiger partial charge in [0.25, 0.3) is 0 Å². The molecule has 1 aromatic carbocycles. The van der Waals surface area contributed by atoms with Crippen molar-refractivity contribution in [1.29, 1.82) is 0 Å². The van der Waals surface area contributed by atoms with Crippen molar-refractivity contribution in [2.45, 2.75) is 12.3 Å². The van der Waals surface area contributed by atoms with Gasteiger partial charge < -0.3 is 10.1 Å². The van der Waals surface area contributed by atoms with Crippen molar-refractivity contribution in [2.75, 3.05) is 20.2 Å². The fourth-order valence-corrected chi connectivity index (χ4v) is 3.08. The van der Waals surface area contributed by atoms with Gasteiger partial charge >= 0.3 is 0 Å². The summed E-state index contributed by atoms with van der Waals surface area (Å²) in [4.78, 5) is 9.39. The molecule has 5 heteroatoms. The van der Waals surface area contributed by atoms with Crippen LogP contribution in [0.4, 0.5) is 0 Å². The number of imidazole rings is 1. The fraction of sp³-hybridized carbons (Fsp3) is 0.294. The highest BCUT2D eigenvalue weighted by Crippen LogP contribution is 2.29. The highest BCUT2D eigenvalue weighted by molar-refractivity contribution is 5.74. The predicted molar refractivity (Wildman–Crippen MR) is 85.6 cm³/mol. The Bertz CT molecular complexity index is 805. The average Bonchev–Trinajstić information content (AvgIpc) is 3.22. The number of ether oxygens (including phenoxy) is 1. The lowest BCUT2D eigenvalue weighted by molar-refractivity contribution is 0.414. The number of nitrogens with zero attached hydrogens (tertiary/aromatic N) is 3. The molecule has 2 aromatic heterocycles. The Morgan fingerprint density at radius 2 is 2.23 bits per heavy atom. The van der Waals surface area contributed by atoms with Crippen LogP contribution in [0.3, 0.4) is 0 Å². The Morgan fingerprint density at radius 3 is 3.05 bits per heavy atom. The Hall–Kier alpha value is -2.40. The second kappa shape index (κ2) is 5.42. The number of benzene rings is 1. The zero-order chi connectivity index (χ0) is 14.9. The van der Waals surface area contributed by atoms with E-state index in [1.165, 1.54) is 0 Å². The van der Waals surface area contributed by atoms with Crippen LogP contribution in [0.1, 0.15) is 18.2 Å². The molecule has 1 aliphatic rings. The summed E-state index contributed by atoms with van der Waals surface area (Å²) in [6, 6.07) is 12.0. The van der Waals surface area contributed by atoms with Gasteiger partial charge in [-0.25, -0.2) is 9.97 Å². The van der Waals surface area contributed by atoms with E-state index in [2.05, 4.69) is 20.9 Å². The van der Waals surface area contributed by atoms with Crippen molar-refractivity contribution < 1.29 is 4.74 Å². The fourth-order valence-electron chi connectivity index (χ4n) is 3.08. The summed E-state index contributed by atoms with van der Waals surface area (Å²) in [5.41, 5.74) is 2.88. The molecule has 1 unspecified atom stereocenters. The number of aromatic nitrogens is 3. The van der Waals surface area contributed by atoms with Crippen LogP contribution in [0, 0.1) is 0 Å². The lowest BCUT2D eigenvalue weighted by Gasteiger charge is -2.13. The van der Waals surface area contributed by atoms with Crippen LogP contribution in [-0.2, 0) is 0 Å². The minimum atomic E-state index is 0.417. The smallest absolute Gasteiger partial charge is 0.164 e. The number of pyridine rings is 1. The van der Waals surface area contributed by atoms with Gasteiger partial charge in [-0.15, -0.1) is 0 Å². The Labute approximate surface area is 129 Å². The minimum Gasteiger partial charge on any atom is -0.497 e. The Balaban J connectivity index is 1.95. The van der Waals surface area contributed by atoms with E-state index in [-0.39, 0.29) is 0 Å². The highest BCUT2D eigenvalue weighted by Gasteiger charge is 2.24. The second-order valence-corrected chi connectivity index (χ2v) is 5.54. The number of hydrogen-bond donors (Lipinski definition) is 1. The molecule has 1 aliphatic heterocycles. The van der Waals surface area contributed by atoms with E-state index in [0.717, 1.165) is 47.9 Å². The second-order valence-electron chi connectivity index (χ2n) is 5.54. The standard InChI is InChI=1S/C17H18N4O/c1-22-14-5-2-4-13(10-14)21-16(12-7-9-18-11-12)20-15-6-3-8-19-17(15)21/h2-6,8,10,12,18H,7,9,11H2,1H3. The van der Waals surface area contributed by atoms with Crippen LogP contribution in [0.25, 0.3) is 16.9 Å². The summed E-state index contributed by atoms with van der Waals surface area (Å²) < 4.78 is 7.53. The molecule has 0 amide bonds. The van der Waals surface area contributed by atoms with Gasteiger partial charge in [-0.2, -0.15) is 0 Å². The van der Waals surface area contributed by atoms with Crippen LogP contribution >= 0.6 is 0 Å². The van der Waals surface area contributed by atoms with Crippen molar-refractivity contribution in [1.82, 2.24) is 19.9 Å². The summed E-state index contributed by atoms with van der Waals surface area (Å²) in [7, 11) is 1.69. The van der Waals surface area contributed by atoms with Crippen molar-refractivity contribution in [2.24, 2.45) is 0 Å². The van der Waals surface area contributed by atoms with Gasteiger partial charge in [0, 0.05) is 24.7 Å². The topological polar surface area (TPSA) is 52.0 Å². The van der Waals surface area contributed by atoms with Crippen LogP contribution in [0.15, 0.2) is 42.6 Å². The molecule has 5 nitrogen and oxygen atoms in total. The molecule has 1 fully saturated rings. The molecule has 3 aromatic rings. The van der Waals surface area contributed by atoms with Gasteiger partial charge in [0.1, 0.15) is 17.1 Å². The third-order valence-electron chi connectivity index (χ3n) is 4.18. The summed E-state index contributed by atoms with van der Waals surface area (Å²) in [5, 5.41) is 3.42. The van der Waals surface area contributed by atoms with Crippen LogP contribution in [0.5, 0.6) is 5.75 Å². The molecule has 3 heterocycles. The van der Waals surface area contributed by atoms with Crippen molar-refractivity contribution in [3.05, 3.63) is 48.4 Å². The third-order valence-corrected chi connectivity index (χ3v) is 4.18. The molecule has 112 valence electrons. The SMILES string of the molecule is COc1cccc(-n2c(C3CCNC3)nc3cccnc32)c1. The van der Waals surface area contributed by atoms with Crippen molar-refractivity contribution in [3.63, 3.8) is 0 Å². The van der Waals surface area contributed by atoms with E-state index < -0.39 is 0 Å². The van der Waals surface area contributed by atoms with E-state index in [9.17, 15) is 0 Å². The Morgan fingerprint density at radius 1 is 1.27 bits per heavy atom. The van der Waals surface area contributed by atoms with Gasteiger partial charge in [-0.3, -0.25) is 4.57 Å². The van der Waals surface area contributed by atoms with Gasteiger partial charge in [-0.1, -0.05) is 6.07 Å². The molecular formula is C17H18N4O. The first-order chi connectivity index (χ1) is 10.9. The maximum atomic E-state index is 5.36. The third kappa shape index (κ3) is 2.14. The van der Waals surface area contributed by atoms with Gasteiger partial charge in [0.05, 0.1) is 12.8 Å². The zero-order valence-electron chi connectivity index (χ0n) is 12.5. The van der Waals surface area contributed by atoms with E-state index >= 15 is 0 Å². The minimum absolute atomic E-state index is 0.417. The number of nitrogens with one attached hydrogen (secondary N) is 1. The molecule has 22 heavy (non-hydrogen) atoms. The molecule has 1 saturated heterocycles. The molecular weight excluding hydrogens is 276 g/mol. The first kappa shape index (κ1) is 13.3. The highest BCUT2D eigenvalue weighted by atomic mass is 16.5. The number of hydrogen-bond acceptors (Lipinski definition) is 4. The van der Waals surface area contributed by atoms with E-state index in [1.807, 2.05) is 36.5 Å². The predicted octanol–water partition coefficient (Wildman–Crippen LogP) is 2.51. The normalized spacial score (nSPS) is 18.0. The molecule has 0 saturated carbocycles. The van der Waals surface area contributed by atoms with Crippen LogP contribution in [-0.4, -0.2) is 34.7 Å². The van der Waals surface area contributed by atoms with Crippen molar-refractivity contribution >= 4 is 11.2 Å². The van der Waals surface area contributed by atoms with E-state index in [1.54, 1.807) is 7.11 Å². The summed E-state index contributed by atoms with van der Waals surface area (Å²) in [6.45, 7) is 2.01. The molecule has 0 bridgehead atoms. The van der Waals surface area contributed by atoms with E-state index in [4.69, 9.17) is 9.72 Å². The first-order valence-corrected chi connectivity index (χ1v) is 7.55. The largest absolute Gasteiger partial charge is 0.497 e. The number of fused-ring (bicyclic) bond motifs is 1. The molecule has 0 radical (unpaired) electrons. The molecule has 4 rings (SSSR count). The Kier molecular flexibility index (Phi) is 3.27. The monoisotopic (exact) mass is 294 g/mol. The van der Waals surface area contributed by atoms with Crippen LogP contribution < -0.4 is 10.1 Å². The lowest BCUT2D eigenvalue weighted by Crippen LogP contribution is -2.12. The molecule has 0 aliphatic carbocycles. The summed E-state index contributed by atoms with van der Waals surface area (Å²) >= 11 is 0. The van der Waals surface area contributed by atoms with Gasteiger partial charge in [0.15, 0.2) is 5.65 Å². The first-order valence-electron chi connectivity index (χ1n) is 7.55. The lowest BCUT2D eigenvalue weighted by atomic mass is 10.1. The van der Waals surface area contributed by atoms with E-state index in [0.29, 0.717) is 5.92 Å². The quantitative estimate of drug-likeness (QED) is 0.806. The molecule has 0 spiro atoms. The summed E-state index contributed by atoms with van der Waals surface area (Å²) in [6.07, 6.45) is 2.92. The van der Waals surface area contributed by atoms with Crippen molar-refractivity contribution in [3.8, 4) is 11.4 Å². The van der Waals surface area contributed by atoms with Gasteiger partial charge in [-0.05, 0) is 37.2 Å². The molecule has 1 N–H and O–H groups in total. The summed E-state index contributed by atoms with van der Waals surface area (Å²) in [5.74, 6) is 2.33. The maximum Gasteiger partial charge on any atom is 0.164 e. The van der Waals surface area contributed by atoms with Gasteiger partial charge in [0.2, 0.25) is 0 Å². The van der Waals surface area contributed by atoms with Crippen LogP contribution in [0.2, 0.25) is 0 Å². The average molecular weight is 294 g/mol.